The van der Waals surface area contributed by atoms with Crippen molar-refractivity contribution < 1.29 is 19.2 Å². The van der Waals surface area contributed by atoms with E-state index in [1.54, 1.807) is 0 Å². The van der Waals surface area contributed by atoms with Crippen LogP contribution in [0.1, 0.15) is 19.8 Å². The lowest BCUT2D eigenvalue weighted by Gasteiger charge is -2.08. The van der Waals surface area contributed by atoms with E-state index < -0.39 is 10.5 Å². The maximum atomic E-state index is 12.0. The minimum Gasteiger partial charge on any atom is -0.361 e. The summed E-state index contributed by atoms with van der Waals surface area (Å²) in [7, 11) is 0. The Hall–Kier alpha value is -2.56. The zero-order valence-electron chi connectivity index (χ0n) is 16.1. The number of nitrogens with one attached hydrogen (secondary N) is 2. The number of carbonyl (C=O) groups excluding carboxylic acids is 4. The summed E-state index contributed by atoms with van der Waals surface area (Å²) in [5.41, 5.74) is 9.46. The Morgan fingerprint density at radius 1 is 0.897 bits per heavy atom. The van der Waals surface area contributed by atoms with Crippen molar-refractivity contribution in [1.29, 1.82) is 0 Å². The van der Waals surface area contributed by atoms with Gasteiger partial charge in [-0.2, -0.15) is 0 Å². The van der Waals surface area contributed by atoms with Crippen LogP contribution in [0.4, 0.5) is 15.3 Å². The molecule has 2 aromatic rings. The van der Waals surface area contributed by atoms with Gasteiger partial charge in [0.25, 0.3) is 10.5 Å². The van der Waals surface area contributed by atoms with Gasteiger partial charge in [0.2, 0.25) is 5.91 Å². The number of Topliss-reactive ketones (excluding diaryl/α,β-unsaturated/α-hetero) is 1. The third-order valence-corrected chi connectivity index (χ3v) is 3.27. The van der Waals surface area contributed by atoms with Crippen molar-refractivity contribution in [3.63, 3.8) is 0 Å². The number of primary amides is 2. The van der Waals surface area contributed by atoms with E-state index in [9.17, 15) is 9.59 Å². The summed E-state index contributed by atoms with van der Waals surface area (Å²) in [6.07, 6.45) is 0.483. The quantitative estimate of drug-likeness (QED) is 0.368. The van der Waals surface area contributed by atoms with Crippen LogP contribution in [0.15, 0.2) is 42.5 Å². The van der Waals surface area contributed by atoms with Crippen LogP contribution in [-0.2, 0) is 9.59 Å². The van der Waals surface area contributed by atoms with Gasteiger partial charge in [0.05, 0.1) is 6.54 Å². The van der Waals surface area contributed by atoms with Crippen molar-refractivity contribution >= 4 is 63.9 Å². The molecule has 8 nitrogen and oxygen atoms in total. The fraction of sp³-hybridized carbons (Fsp3) is 0.263. The third-order valence-electron chi connectivity index (χ3n) is 3.27. The molecule has 0 fully saturated rings. The maximum absolute atomic E-state index is 12.0. The second kappa shape index (κ2) is 15.4. The highest BCUT2D eigenvalue weighted by atomic mass is 32.1. The van der Waals surface area contributed by atoms with Crippen molar-refractivity contribution in [2.45, 2.75) is 19.8 Å². The van der Waals surface area contributed by atoms with E-state index in [1.807, 2.05) is 49.4 Å². The summed E-state index contributed by atoms with van der Waals surface area (Å²) in [5.74, 6) is -0.0684. The van der Waals surface area contributed by atoms with Gasteiger partial charge >= 0.3 is 0 Å². The molecule has 0 unspecified atom stereocenters. The van der Waals surface area contributed by atoms with E-state index in [0.717, 1.165) is 23.0 Å². The van der Waals surface area contributed by atoms with Gasteiger partial charge in [-0.15, -0.1) is 0 Å². The molecule has 0 radical (unpaired) electrons. The number of likely N-dealkylation sites (N-methyl/N-ethyl adjacent to an activating group) is 1. The standard InChI is InChI=1S/C17H20N2O2.2CH3NOS/c1-2-18-12-14(20)10-11-17(21)19-16-9-5-7-13-6-3-4-8-15(13)16;2*2-1(3)4/h3-9,18H,2,10-12H2,1H3,(H,19,21);2*(H3,2,3,4). The summed E-state index contributed by atoms with van der Waals surface area (Å²) < 4.78 is 0. The number of amides is 3. The first-order valence-corrected chi connectivity index (χ1v) is 9.53. The summed E-state index contributed by atoms with van der Waals surface area (Å²) in [6.45, 7) is 3.03. The fourth-order valence-corrected chi connectivity index (χ4v) is 2.15. The highest BCUT2D eigenvalue weighted by Crippen LogP contribution is 2.23. The van der Waals surface area contributed by atoms with Gasteiger partial charge in [0, 0.05) is 23.9 Å². The molecule has 2 aromatic carbocycles. The van der Waals surface area contributed by atoms with E-state index in [0.29, 0.717) is 6.54 Å². The molecule has 0 atom stereocenters. The maximum Gasteiger partial charge on any atom is 0.273 e. The van der Waals surface area contributed by atoms with E-state index in [2.05, 4.69) is 47.4 Å². The van der Waals surface area contributed by atoms with Crippen LogP contribution < -0.4 is 22.1 Å². The number of rotatable bonds is 7. The Labute approximate surface area is 180 Å². The number of anilines is 1. The number of benzene rings is 2. The molecule has 0 heterocycles. The molecule has 29 heavy (non-hydrogen) atoms. The predicted octanol–water partition coefficient (Wildman–Crippen LogP) is 2.73. The summed E-state index contributed by atoms with van der Waals surface area (Å²) in [5, 5.41) is 6.66. The topological polar surface area (TPSA) is 144 Å². The second-order valence-corrected chi connectivity index (χ2v) is 6.45. The first-order valence-electron chi connectivity index (χ1n) is 8.64. The van der Waals surface area contributed by atoms with Crippen molar-refractivity contribution in [3.8, 4) is 0 Å². The van der Waals surface area contributed by atoms with Crippen molar-refractivity contribution in [1.82, 2.24) is 5.32 Å². The average molecular weight is 439 g/mol. The molecule has 0 aliphatic heterocycles. The molecule has 0 aromatic heterocycles. The Bertz CT molecular complexity index is 805. The second-order valence-electron chi connectivity index (χ2n) is 5.57. The number of ketones is 1. The van der Waals surface area contributed by atoms with Gasteiger partial charge in [0.15, 0.2) is 0 Å². The van der Waals surface area contributed by atoms with Crippen LogP contribution in [-0.4, -0.2) is 35.3 Å². The van der Waals surface area contributed by atoms with Crippen LogP contribution in [0, 0.1) is 0 Å². The minimum atomic E-state index is -0.639. The molecule has 0 aliphatic carbocycles. The SMILES string of the molecule is CCNCC(=O)CCC(=O)Nc1cccc2ccccc12.NC(=O)S.NC(=O)S. The van der Waals surface area contributed by atoms with E-state index >= 15 is 0 Å². The van der Waals surface area contributed by atoms with Gasteiger partial charge in [-0.1, -0.05) is 68.6 Å². The average Bonchev–Trinajstić information content (AvgIpc) is 2.64. The molecule has 0 saturated heterocycles. The molecule has 0 bridgehead atoms. The zero-order chi connectivity index (χ0) is 22.2. The van der Waals surface area contributed by atoms with Gasteiger partial charge in [0.1, 0.15) is 5.78 Å². The molecule has 0 spiro atoms. The fourth-order valence-electron chi connectivity index (χ4n) is 2.15. The first-order chi connectivity index (χ1) is 13.7. The minimum absolute atomic E-state index is 0.0601. The lowest BCUT2D eigenvalue weighted by molar-refractivity contribution is -0.122. The normalized spacial score (nSPS) is 9.34. The summed E-state index contributed by atoms with van der Waals surface area (Å²) in [6, 6.07) is 13.7. The molecule has 0 aliphatic rings. The smallest absolute Gasteiger partial charge is 0.273 e. The van der Waals surface area contributed by atoms with Gasteiger partial charge in [-0.3, -0.25) is 19.2 Å². The van der Waals surface area contributed by atoms with Crippen molar-refractivity contribution in [3.05, 3.63) is 42.5 Å². The van der Waals surface area contributed by atoms with Crippen LogP contribution >= 0.6 is 25.3 Å². The monoisotopic (exact) mass is 438 g/mol. The molecule has 3 amide bonds. The van der Waals surface area contributed by atoms with Crippen molar-refractivity contribution in [2.75, 3.05) is 18.4 Å². The lowest BCUT2D eigenvalue weighted by Crippen LogP contribution is -2.23. The summed E-state index contributed by atoms with van der Waals surface area (Å²) in [4.78, 5) is 41.7. The zero-order valence-corrected chi connectivity index (χ0v) is 17.8. The van der Waals surface area contributed by atoms with Crippen LogP contribution in [0.3, 0.4) is 0 Å². The number of nitrogens with two attached hydrogens (primary N) is 2. The Kier molecular flexibility index (Phi) is 14.0. The highest BCUT2D eigenvalue weighted by molar-refractivity contribution is 7.96. The van der Waals surface area contributed by atoms with Gasteiger partial charge < -0.3 is 22.1 Å². The van der Waals surface area contributed by atoms with E-state index in [-0.39, 0.29) is 24.5 Å². The summed E-state index contributed by atoms with van der Waals surface area (Å²) >= 11 is 6.21. The molecule has 158 valence electrons. The van der Waals surface area contributed by atoms with Crippen molar-refractivity contribution in [2.24, 2.45) is 11.5 Å². The Morgan fingerprint density at radius 2 is 1.45 bits per heavy atom. The van der Waals surface area contributed by atoms with Crippen LogP contribution in [0.5, 0.6) is 0 Å². The number of carbonyl (C=O) groups is 4. The third kappa shape index (κ3) is 14.1. The highest BCUT2D eigenvalue weighted by Gasteiger charge is 2.08. The number of thiol groups is 2. The molecule has 10 heteroatoms. The predicted molar refractivity (Wildman–Crippen MR) is 123 cm³/mol. The van der Waals surface area contributed by atoms with Gasteiger partial charge in [-0.05, 0) is 18.0 Å². The van der Waals surface area contributed by atoms with Gasteiger partial charge in [-0.25, -0.2) is 0 Å². The number of fused-ring (bicyclic) bond motifs is 1. The number of hydrogen-bond donors (Lipinski definition) is 6. The first kappa shape index (κ1) is 26.4. The van der Waals surface area contributed by atoms with Crippen LogP contribution in [0.25, 0.3) is 10.8 Å². The van der Waals surface area contributed by atoms with E-state index in [4.69, 9.17) is 9.59 Å². The Balaban J connectivity index is 0.000000837. The van der Waals surface area contributed by atoms with Crippen LogP contribution in [0.2, 0.25) is 0 Å². The number of hydrogen-bond acceptors (Lipinski definition) is 5. The molecular weight excluding hydrogens is 412 g/mol. The largest absolute Gasteiger partial charge is 0.361 e. The molecular formula is C19H26N4O4S2. The lowest BCUT2D eigenvalue weighted by atomic mass is 10.1. The molecule has 0 saturated carbocycles. The molecule has 2 rings (SSSR count). The Morgan fingerprint density at radius 3 is 2.03 bits per heavy atom. The van der Waals surface area contributed by atoms with E-state index in [1.165, 1.54) is 0 Å². The molecule has 6 N–H and O–H groups in total.